The highest BCUT2D eigenvalue weighted by Gasteiger charge is 2.25. The minimum atomic E-state index is -0.986. The highest BCUT2D eigenvalue weighted by molar-refractivity contribution is 5.76. The lowest BCUT2D eigenvalue weighted by atomic mass is 10.0. The Bertz CT molecular complexity index is 1030. The molecule has 0 aliphatic rings. The van der Waals surface area contributed by atoms with E-state index in [4.69, 9.17) is 33.2 Å². The van der Waals surface area contributed by atoms with Crippen LogP contribution in [0.2, 0.25) is 0 Å². The number of ether oxygens (including phenoxy) is 7. The zero-order chi connectivity index (χ0) is 32.0. The van der Waals surface area contributed by atoms with E-state index in [2.05, 4.69) is 5.32 Å². The maximum atomic E-state index is 12.5. The van der Waals surface area contributed by atoms with Gasteiger partial charge in [-0.25, -0.2) is 14.4 Å². The van der Waals surface area contributed by atoms with Crippen LogP contribution in [0.5, 0.6) is 11.5 Å². The third kappa shape index (κ3) is 13.4. The Morgan fingerprint density at radius 2 is 1.24 bits per heavy atom. The topological polar surface area (TPSA) is 145 Å². The Morgan fingerprint density at radius 3 is 1.74 bits per heavy atom. The number of hydrogen-bond donors (Lipinski definition) is 1. The van der Waals surface area contributed by atoms with Gasteiger partial charge in [0.1, 0.15) is 30.5 Å². The van der Waals surface area contributed by atoms with Crippen LogP contribution in [0.15, 0.2) is 18.2 Å². The lowest BCUT2D eigenvalue weighted by Gasteiger charge is -2.21. The fraction of sp³-hybridized carbons (Fsp3) is 0.667. The molecular formula is C30H47NO11. The molecule has 5 atom stereocenters. The van der Waals surface area contributed by atoms with Gasteiger partial charge in [-0.1, -0.05) is 40.7 Å². The van der Waals surface area contributed by atoms with Gasteiger partial charge in [0.15, 0.2) is 11.5 Å². The minimum absolute atomic E-state index is 0.0438. The third-order valence-electron chi connectivity index (χ3n) is 6.58. The third-order valence-corrected chi connectivity index (χ3v) is 6.58. The smallest absolute Gasteiger partial charge is 0.468 e. The second-order valence-electron chi connectivity index (χ2n) is 10.8. The average Bonchev–Trinajstić information content (AvgIpc) is 2.91. The molecule has 42 heavy (non-hydrogen) atoms. The maximum absolute atomic E-state index is 12.5. The maximum Gasteiger partial charge on any atom is 0.514 e. The fourth-order valence-electron chi connectivity index (χ4n) is 3.05. The van der Waals surface area contributed by atoms with Crippen molar-refractivity contribution in [1.82, 2.24) is 5.32 Å². The van der Waals surface area contributed by atoms with E-state index in [-0.39, 0.29) is 42.4 Å². The molecule has 0 radical (unpaired) electrons. The Balaban J connectivity index is 3.11. The summed E-state index contributed by atoms with van der Waals surface area (Å²) in [6.45, 7) is 16.4. The number of methoxy groups -OCH3 is 1. The van der Waals surface area contributed by atoms with E-state index in [0.717, 1.165) is 0 Å². The first-order valence-electron chi connectivity index (χ1n) is 14.2. The highest BCUT2D eigenvalue weighted by atomic mass is 16.8. The standard InChI is InChI=1S/C30H47NO11/c1-11-19(6)37-28(33)38-20(7)16-31-24(27(32)36-10)14-23-12-13-25(41-29(34)39-21(8)17(2)3)26(15-23)42-30(35)40-22(9)18(4)5/h12-13,15,17-22,24,31H,11,14,16H2,1-10H3/t19?,20?,21?,22?,24-/m0/s1. The number of hydrogen-bond acceptors (Lipinski definition) is 12. The van der Waals surface area contributed by atoms with Crippen LogP contribution in [0.1, 0.15) is 74.3 Å². The molecule has 0 aromatic heterocycles. The summed E-state index contributed by atoms with van der Waals surface area (Å²) in [6.07, 6.45) is -3.74. The number of rotatable bonds is 15. The molecule has 1 aromatic rings. The number of nitrogens with one attached hydrogen (secondary N) is 1. The summed E-state index contributed by atoms with van der Waals surface area (Å²) < 4.78 is 36.6. The van der Waals surface area contributed by atoms with Crippen LogP contribution in [0, 0.1) is 11.8 Å². The van der Waals surface area contributed by atoms with Crippen LogP contribution in [-0.4, -0.2) is 68.5 Å². The Morgan fingerprint density at radius 1 is 0.714 bits per heavy atom. The zero-order valence-electron chi connectivity index (χ0n) is 26.4. The van der Waals surface area contributed by atoms with Gasteiger partial charge in [0.2, 0.25) is 0 Å². The quantitative estimate of drug-likeness (QED) is 0.148. The Hall–Kier alpha value is -3.54. The summed E-state index contributed by atoms with van der Waals surface area (Å²) in [5.41, 5.74) is 0.540. The van der Waals surface area contributed by atoms with E-state index in [0.29, 0.717) is 12.0 Å². The van der Waals surface area contributed by atoms with E-state index in [9.17, 15) is 19.2 Å². The van der Waals surface area contributed by atoms with Crippen molar-refractivity contribution >= 4 is 24.4 Å². The number of carbonyl (C=O) groups is 4. The van der Waals surface area contributed by atoms with Crippen molar-refractivity contribution in [2.24, 2.45) is 11.8 Å². The van der Waals surface area contributed by atoms with Crippen molar-refractivity contribution in [3.8, 4) is 11.5 Å². The van der Waals surface area contributed by atoms with E-state index in [1.54, 1.807) is 33.8 Å². The van der Waals surface area contributed by atoms with Gasteiger partial charge in [-0.2, -0.15) is 0 Å². The molecule has 0 spiro atoms. The van der Waals surface area contributed by atoms with Gasteiger partial charge in [0.25, 0.3) is 0 Å². The molecule has 0 bridgehead atoms. The van der Waals surface area contributed by atoms with Crippen LogP contribution in [0.3, 0.4) is 0 Å². The van der Waals surface area contributed by atoms with E-state index in [1.165, 1.54) is 19.2 Å². The molecule has 0 saturated carbocycles. The van der Waals surface area contributed by atoms with Crippen LogP contribution >= 0.6 is 0 Å². The van der Waals surface area contributed by atoms with E-state index in [1.807, 2.05) is 34.6 Å². The zero-order valence-corrected chi connectivity index (χ0v) is 26.4. The predicted octanol–water partition coefficient (Wildman–Crippen LogP) is 5.82. The van der Waals surface area contributed by atoms with Crippen molar-refractivity contribution in [3.63, 3.8) is 0 Å². The van der Waals surface area contributed by atoms with Crippen molar-refractivity contribution < 1.29 is 52.3 Å². The summed E-state index contributed by atoms with van der Waals surface area (Å²) in [5, 5.41) is 3.02. The normalized spacial score (nSPS) is 14.7. The summed E-state index contributed by atoms with van der Waals surface area (Å²) >= 11 is 0. The average molecular weight is 598 g/mol. The predicted molar refractivity (Wildman–Crippen MR) is 154 cm³/mol. The van der Waals surface area contributed by atoms with Crippen molar-refractivity contribution in [2.75, 3.05) is 13.7 Å². The monoisotopic (exact) mass is 597 g/mol. The molecule has 238 valence electrons. The van der Waals surface area contributed by atoms with Crippen molar-refractivity contribution in [3.05, 3.63) is 23.8 Å². The molecule has 1 aromatic carbocycles. The summed E-state index contributed by atoms with van der Waals surface area (Å²) in [7, 11) is 1.25. The summed E-state index contributed by atoms with van der Waals surface area (Å²) in [4.78, 5) is 49.4. The molecule has 12 nitrogen and oxygen atoms in total. The summed E-state index contributed by atoms with van der Waals surface area (Å²) in [6, 6.07) is 3.63. The molecule has 0 saturated heterocycles. The number of benzene rings is 1. The van der Waals surface area contributed by atoms with Gasteiger partial charge >= 0.3 is 24.4 Å². The van der Waals surface area contributed by atoms with Gasteiger partial charge in [0, 0.05) is 6.54 Å². The first kappa shape index (κ1) is 36.5. The molecule has 0 aliphatic heterocycles. The van der Waals surface area contributed by atoms with Crippen molar-refractivity contribution in [2.45, 2.75) is 106 Å². The van der Waals surface area contributed by atoms with Gasteiger partial charge in [-0.05, 0) is 70.1 Å². The molecule has 0 aliphatic carbocycles. The molecule has 0 heterocycles. The largest absolute Gasteiger partial charge is 0.514 e. The molecule has 0 fully saturated rings. The lowest BCUT2D eigenvalue weighted by molar-refractivity contribution is -0.143. The van der Waals surface area contributed by atoms with Crippen LogP contribution in [-0.2, 0) is 34.9 Å². The SMILES string of the molecule is CCC(C)OC(=O)OC(C)CN[C@@H](Cc1ccc(OC(=O)OC(C)C(C)C)c(OC(=O)OC(C)C(C)C)c1)C(=O)OC. The second-order valence-corrected chi connectivity index (χ2v) is 10.8. The van der Waals surface area contributed by atoms with Gasteiger partial charge in [-0.15, -0.1) is 0 Å². The molecule has 0 amide bonds. The first-order valence-corrected chi connectivity index (χ1v) is 14.2. The molecule has 4 unspecified atom stereocenters. The van der Waals surface area contributed by atoms with Gasteiger partial charge < -0.3 is 38.5 Å². The van der Waals surface area contributed by atoms with E-state index >= 15 is 0 Å². The lowest BCUT2D eigenvalue weighted by Crippen LogP contribution is -2.43. The Labute approximate surface area is 248 Å². The van der Waals surface area contributed by atoms with Gasteiger partial charge in [0.05, 0.1) is 7.11 Å². The molecule has 1 rings (SSSR count). The fourth-order valence-corrected chi connectivity index (χ4v) is 3.05. The number of carbonyl (C=O) groups excluding carboxylic acids is 4. The van der Waals surface area contributed by atoms with Crippen LogP contribution < -0.4 is 14.8 Å². The Kier molecular flexibility index (Phi) is 15.7. The minimum Gasteiger partial charge on any atom is -0.468 e. The summed E-state index contributed by atoms with van der Waals surface area (Å²) in [5.74, 6) is -0.635. The molecular weight excluding hydrogens is 550 g/mol. The second kappa shape index (κ2) is 18.1. The first-order chi connectivity index (χ1) is 19.7. The molecule has 12 heteroatoms. The molecule has 1 N–H and O–H groups in total. The van der Waals surface area contributed by atoms with Gasteiger partial charge in [-0.3, -0.25) is 4.79 Å². The van der Waals surface area contributed by atoms with Crippen molar-refractivity contribution in [1.29, 1.82) is 0 Å². The van der Waals surface area contributed by atoms with Crippen LogP contribution in [0.25, 0.3) is 0 Å². The van der Waals surface area contributed by atoms with E-state index < -0.39 is 48.8 Å². The number of esters is 1. The van der Waals surface area contributed by atoms with Crippen LogP contribution in [0.4, 0.5) is 14.4 Å². The highest BCUT2D eigenvalue weighted by Crippen LogP contribution is 2.30.